The van der Waals surface area contributed by atoms with Gasteiger partial charge in [0.2, 0.25) is 6.20 Å². The maximum absolute atomic E-state index is 9.76. The topological polar surface area (TPSA) is 43.1 Å². The summed E-state index contributed by atoms with van der Waals surface area (Å²) in [6, 6.07) is 0. The van der Waals surface area contributed by atoms with Crippen LogP contribution in [0.4, 0.5) is 0 Å². The highest BCUT2D eigenvalue weighted by atomic mass is 16.6. The predicted molar refractivity (Wildman–Crippen MR) is 40.2 cm³/mol. The summed E-state index contributed by atoms with van der Waals surface area (Å²) in [5.41, 5.74) is 0. The van der Waals surface area contributed by atoms with E-state index >= 15 is 0 Å². The SMILES string of the molecule is CC(C)CC/C=C/[N+](=O)[O-]. The fraction of sp³-hybridized carbons (Fsp3) is 0.714. The lowest BCUT2D eigenvalue weighted by molar-refractivity contribution is -0.402. The van der Waals surface area contributed by atoms with Crippen LogP contribution >= 0.6 is 0 Å². The lowest BCUT2D eigenvalue weighted by Gasteiger charge is -1.97. The van der Waals surface area contributed by atoms with Gasteiger partial charge in [-0.3, -0.25) is 10.1 Å². The first-order valence-corrected chi connectivity index (χ1v) is 3.43. The largest absolute Gasteiger partial charge is 0.259 e. The number of rotatable bonds is 4. The second-order valence-electron chi connectivity index (χ2n) is 2.64. The van der Waals surface area contributed by atoms with Crippen LogP contribution in [0.5, 0.6) is 0 Å². The fourth-order valence-electron chi connectivity index (χ4n) is 0.590. The normalized spacial score (nSPS) is 11.1. The molecule has 0 N–H and O–H groups in total. The monoisotopic (exact) mass is 143 g/mol. The van der Waals surface area contributed by atoms with Crippen LogP contribution in [0.15, 0.2) is 12.3 Å². The van der Waals surface area contributed by atoms with Gasteiger partial charge in [-0.05, 0) is 24.8 Å². The Balaban J connectivity index is 3.27. The smallest absolute Gasteiger partial charge is 0.230 e. The summed E-state index contributed by atoms with van der Waals surface area (Å²) < 4.78 is 0. The van der Waals surface area contributed by atoms with Crippen LogP contribution in [-0.4, -0.2) is 4.92 Å². The van der Waals surface area contributed by atoms with Crippen molar-refractivity contribution in [1.29, 1.82) is 0 Å². The molecular weight excluding hydrogens is 130 g/mol. The van der Waals surface area contributed by atoms with Gasteiger partial charge in [0.05, 0.1) is 4.92 Å². The van der Waals surface area contributed by atoms with E-state index in [4.69, 9.17) is 0 Å². The summed E-state index contributed by atoms with van der Waals surface area (Å²) in [6.07, 6.45) is 4.42. The van der Waals surface area contributed by atoms with E-state index in [0.717, 1.165) is 19.0 Å². The third kappa shape index (κ3) is 7.14. The molecule has 0 fully saturated rings. The zero-order valence-corrected chi connectivity index (χ0v) is 6.41. The molecule has 0 aromatic carbocycles. The van der Waals surface area contributed by atoms with Crippen LogP contribution in [0.1, 0.15) is 26.7 Å². The predicted octanol–water partition coefficient (Wildman–Crippen LogP) is 2.21. The van der Waals surface area contributed by atoms with Gasteiger partial charge < -0.3 is 0 Å². The maximum Gasteiger partial charge on any atom is 0.230 e. The molecule has 0 aromatic heterocycles. The molecule has 0 atom stereocenters. The van der Waals surface area contributed by atoms with Crippen molar-refractivity contribution < 1.29 is 4.92 Å². The molecule has 0 amide bonds. The van der Waals surface area contributed by atoms with Crippen molar-refractivity contribution in [2.75, 3.05) is 0 Å². The first-order chi connectivity index (χ1) is 4.63. The Labute approximate surface area is 60.9 Å². The van der Waals surface area contributed by atoms with Crippen molar-refractivity contribution in [1.82, 2.24) is 0 Å². The number of hydrogen-bond acceptors (Lipinski definition) is 2. The highest BCUT2D eigenvalue weighted by Gasteiger charge is 1.90. The molecule has 0 unspecified atom stereocenters. The van der Waals surface area contributed by atoms with E-state index in [9.17, 15) is 10.1 Å². The van der Waals surface area contributed by atoms with E-state index < -0.39 is 4.92 Å². The van der Waals surface area contributed by atoms with E-state index in [1.54, 1.807) is 6.08 Å². The number of hydrogen-bond donors (Lipinski definition) is 0. The van der Waals surface area contributed by atoms with Crippen molar-refractivity contribution in [3.8, 4) is 0 Å². The Morgan fingerprint density at radius 3 is 2.60 bits per heavy atom. The van der Waals surface area contributed by atoms with Crippen LogP contribution in [0.3, 0.4) is 0 Å². The van der Waals surface area contributed by atoms with Gasteiger partial charge in [-0.2, -0.15) is 0 Å². The van der Waals surface area contributed by atoms with Crippen molar-refractivity contribution in [2.45, 2.75) is 26.7 Å². The van der Waals surface area contributed by atoms with Crippen molar-refractivity contribution >= 4 is 0 Å². The summed E-state index contributed by atoms with van der Waals surface area (Å²) in [5.74, 6) is 0.622. The summed E-state index contributed by atoms with van der Waals surface area (Å²) in [7, 11) is 0. The van der Waals surface area contributed by atoms with E-state index in [1.807, 2.05) is 0 Å². The molecule has 0 saturated carbocycles. The van der Waals surface area contributed by atoms with E-state index in [2.05, 4.69) is 13.8 Å². The zero-order valence-electron chi connectivity index (χ0n) is 6.41. The number of nitrogens with zero attached hydrogens (tertiary/aromatic N) is 1. The molecular formula is C7H13NO2. The Morgan fingerprint density at radius 1 is 1.60 bits per heavy atom. The molecule has 0 rings (SSSR count). The number of allylic oxidation sites excluding steroid dienone is 1. The third-order valence-electron chi connectivity index (χ3n) is 1.14. The van der Waals surface area contributed by atoms with E-state index in [-0.39, 0.29) is 0 Å². The van der Waals surface area contributed by atoms with Gasteiger partial charge >= 0.3 is 0 Å². The van der Waals surface area contributed by atoms with E-state index in [0.29, 0.717) is 5.92 Å². The quantitative estimate of drug-likeness (QED) is 0.447. The van der Waals surface area contributed by atoms with Crippen LogP contribution in [-0.2, 0) is 0 Å². The van der Waals surface area contributed by atoms with Crippen LogP contribution in [0, 0.1) is 16.0 Å². The third-order valence-corrected chi connectivity index (χ3v) is 1.14. The van der Waals surface area contributed by atoms with Crippen molar-refractivity contribution in [3.63, 3.8) is 0 Å². The average Bonchev–Trinajstić information content (AvgIpc) is 1.79. The summed E-state index contributed by atoms with van der Waals surface area (Å²) >= 11 is 0. The second-order valence-corrected chi connectivity index (χ2v) is 2.64. The van der Waals surface area contributed by atoms with Gasteiger partial charge in [-0.25, -0.2) is 0 Å². The molecule has 0 bridgehead atoms. The Morgan fingerprint density at radius 2 is 2.20 bits per heavy atom. The molecule has 0 saturated heterocycles. The highest BCUT2D eigenvalue weighted by Crippen LogP contribution is 2.03. The molecule has 0 aliphatic heterocycles. The second kappa shape index (κ2) is 4.97. The molecule has 3 heteroatoms. The lowest BCUT2D eigenvalue weighted by atomic mass is 10.1. The van der Waals surface area contributed by atoms with Gasteiger partial charge in [0, 0.05) is 0 Å². The molecule has 0 heterocycles. The Bertz CT molecular complexity index is 130. The van der Waals surface area contributed by atoms with Crippen LogP contribution < -0.4 is 0 Å². The average molecular weight is 143 g/mol. The lowest BCUT2D eigenvalue weighted by Crippen LogP contribution is -1.86. The van der Waals surface area contributed by atoms with E-state index in [1.165, 1.54) is 0 Å². The van der Waals surface area contributed by atoms with Crippen molar-refractivity contribution in [2.24, 2.45) is 5.92 Å². The standard InChI is InChI=1S/C7H13NO2/c1-7(2)5-3-4-6-8(9)10/h4,6-7H,3,5H2,1-2H3/b6-4+. The Kier molecular flexibility index (Phi) is 4.54. The van der Waals surface area contributed by atoms with Gasteiger partial charge in [0.1, 0.15) is 0 Å². The molecule has 3 nitrogen and oxygen atoms in total. The zero-order chi connectivity index (χ0) is 7.98. The van der Waals surface area contributed by atoms with Gasteiger partial charge in [0.15, 0.2) is 0 Å². The molecule has 0 aromatic rings. The molecule has 0 aliphatic carbocycles. The summed E-state index contributed by atoms with van der Waals surface area (Å²) in [6.45, 7) is 4.19. The molecule has 10 heavy (non-hydrogen) atoms. The number of nitro groups is 1. The van der Waals surface area contributed by atoms with Gasteiger partial charge in [-0.1, -0.05) is 13.8 Å². The minimum atomic E-state index is -0.430. The molecule has 0 aliphatic rings. The van der Waals surface area contributed by atoms with Crippen LogP contribution in [0.25, 0.3) is 0 Å². The maximum atomic E-state index is 9.76. The Hall–Kier alpha value is -0.860. The molecule has 58 valence electrons. The van der Waals surface area contributed by atoms with Crippen LogP contribution in [0.2, 0.25) is 0 Å². The first kappa shape index (κ1) is 9.14. The fourth-order valence-corrected chi connectivity index (χ4v) is 0.590. The molecule has 0 spiro atoms. The highest BCUT2D eigenvalue weighted by molar-refractivity contribution is 4.72. The molecule has 0 radical (unpaired) electrons. The van der Waals surface area contributed by atoms with Gasteiger partial charge in [-0.15, -0.1) is 0 Å². The first-order valence-electron chi connectivity index (χ1n) is 3.43. The minimum Gasteiger partial charge on any atom is -0.259 e. The summed E-state index contributed by atoms with van der Waals surface area (Å²) in [4.78, 5) is 9.33. The minimum absolute atomic E-state index is 0.430. The van der Waals surface area contributed by atoms with Gasteiger partial charge in [0.25, 0.3) is 0 Å². The summed E-state index contributed by atoms with van der Waals surface area (Å²) in [5, 5.41) is 9.76. The van der Waals surface area contributed by atoms with Crippen molar-refractivity contribution in [3.05, 3.63) is 22.4 Å².